The number of benzene rings is 3. The second-order valence-corrected chi connectivity index (χ2v) is 8.95. The highest BCUT2D eigenvalue weighted by Crippen LogP contribution is 2.29. The van der Waals surface area contributed by atoms with E-state index in [1.54, 1.807) is 35.0 Å². The average Bonchev–Trinajstić information content (AvgIpc) is 3.32. The first kappa shape index (κ1) is 24.8. The summed E-state index contributed by atoms with van der Waals surface area (Å²) in [5, 5.41) is 21.1. The lowest BCUT2D eigenvalue weighted by molar-refractivity contribution is -0.118. The van der Waals surface area contributed by atoms with Crippen molar-refractivity contribution in [3.05, 3.63) is 115 Å². The maximum Gasteiger partial charge on any atom is 0.231 e. The molecule has 0 fully saturated rings. The van der Waals surface area contributed by atoms with E-state index in [-0.39, 0.29) is 17.6 Å². The zero-order valence-electron chi connectivity index (χ0n) is 20.7. The molecule has 7 nitrogen and oxygen atoms in total. The van der Waals surface area contributed by atoms with Crippen molar-refractivity contribution in [1.29, 1.82) is 0 Å². The molecule has 3 aromatic carbocycles. The third-order valence-corrected chi connectivity index (χ3v) is 6.27. The summed E-state index contributed by atoms with van der Waals surface area (Å²) in [6.45, 7) is 4.31. The number of phenols is 1. The van der Waals surface area contributed by atoms with Gasteiger partial charge in [0.1, 0.15) is 19.4 Å². The smallest absolute Gasteiger partial charge is 0.231 e. The molecule has 0 saturated carbocycles. The Bertz CT molecular complexity index is 1600. The Kier molecular flexibility index (Phi) is 7.22. The van der Waals surface area contributed by atoms with Crippen molar-refractivity contribution in [2.24, 2.45) is 5.92 Å². The number of nitrogens with one attached hydrogen (secondary N) is 2. The van der Waals surface area contributed by atoms with E-state index in [2.05, 4.69) is 27.3 Å². The van der Waals surface area contributed by atoms with Gasteiger partial charge in [-0.3, -0.25) is 4.79 Å². The maximum absolute atomic E-state index is 12.9. The van der Waals surface area contributed by atoms with Gasteiger partial charge in [0.05, 0.1) is 11.6 Å². The van der Waals surface area contributed by atoms with Crippen molar-refractivity contribution in [1.82, 2.24) is 14.6 Å². The van der Waals surface area contributed by atoms with Gasteiger partial charge in [0.15, 0.2) is 5.65 Å². The topological polar surface area (TPSA) is 91.5 Å². The largest absolute Gasteiger partial charge is 0.507 e. The molecule has 1 unspecified atom stereocenters. The van der Waals surface area contributed by atoms with Gasteiger partial charge in [-0.05, 0) is 47.3 Å². The number of fused-ring (bicyclic) bond motifs is 1. The summed E-state index contributed by atoms with van der Waals surface area (Å²) >= 11 is 0. The highest BCUT2D eigenvalue weighted by Gasteiger charge is 2.16. The molecule has 5 rings (SSSR count). The predicted octanol–water partition coefficient (Wildman–Crippen LogP) is 4.49. The van der Waals surface area contributed by atoms with Crippen LogP contribution in [-0.4, -0.2) is 33.5 Å². The summed E-state index contributed by atoms with van der Waals surface area (Å²) in [5.74, 6) is 0.336. The molecule has 2 heterocycles. The first-order valence-corrected chi connectivity index (χ1v) is 12.2. The Hall–Kier alpha value is -4.85. The normalized spacial score (nSPS) is 11.7. The molecule has 38 heavy (non-hydrogen) atoms. The minimum Gasteiger partial charge on any atom is -0.507 e. The van der Waals surface area contributed by atoms with E-state index in [9.17, 15) is 9.90 Å². The summed E-state index contributed by atoms with van der Waals surface area (Å²) < 4.78 is 1.63. The second kappa shape index (κ2) is 11.0. The first-order valence-electron chi connectivity index (χ1n) is 12.2. The van der Waals surface area contributed by atoms with Gasteiger partial charge in [0.2, 0.25) is 5.91 Å². The Balaban J connectivity index is 1.33. The van der Waals surface area contributed by atoms with Crippen LogP contribution in [0.4, 0.5) is 11.5 Å². The third kappa shape index (κ3) is 5.44. The van der Waals surface area contributed by atoms with Crippen molar-refractivity contribution >= 4 is 36.4 Å². The van der Waals surface area contributed by atoms with E-state index >= 15 is 0 Å². The van der Waals surface area contributed by atoms with Gasteiger partial charge >= 0.3 is 0 Å². The molecular weight excluding hydrogens is 473 g/mol. The van der Waals surface area contributed by atoms with Gasteiger partial charge < -0.3 is 15.7 Å². The van der Waals surface area contributed by atoms with E-state index in [4.69, 9.17) is 7.85 Å². The molecule has 5 aromatic rings. The van der Waals surface area contributed by atoms with Crippen LogP contribution in [0.3, 0.4) is 0 Å². The quantitative estimate of drug-likeness (QED) is 0.205. The maximum atomic E-state index is 12.9. The lowest BCUT2D eigenvalue weighted by atomic mass is 9.98. The van der Waals surface area contributed by atoms with E-state index in [1.807, 2.05) is 66.7 Å². The van der Waals surface area contributed by atoms with Crippen LogP contribution in [-0.2, 0) is 17.8 Å². The van der Waals surface area contributed by atoms with Gasteiger partial charge in [-0.25, -0.2) is 4.98 Å². The Morgan fingerprint density at radius 1 is 1.03 bits per heavy atom. The number of para-hydroxylation sites is 1. The van der Waals surface area contributed by atoms with Gasteiger partial charge in [0.25, 0.3) is 0 Å². The number of rotatable bonds is 9. The highest BCUT2D eigenvalue weighted by molar-refractivity contribution is 6.36. The number of aromatic nitrogens is 3. The molecule has 2 aromatic heterocycles. The van der Waals surface area contributed by atoms with Gasteiger partial charge in [-0.1, -0.05) is 60.7 Å². The molecule has 0 aliphatic heterocycles. The van der Waals surface area contributed by atoms with Crippen LogP contribution in [0.15, 0.2) is 104 Å². The van der Waals surface area contributed by atoms with Crippen molar-refractivity contribution in [3.63, 3.8) is 0 Å². The van der Waals surface area contributed by atoms with E-state index < -0.39 is 0 Å². The molecular formula is C30H26BN5O2. The molecule has 2 radical (unpaired) electrons. The average molecular weight is 499 g/mol. The van der Waals surface area contributed by atoms with E-state index in [0.717, 1.165) is 11.1 Å². The fourth-order valence-corrected chi connectivity index (χ4v) is 4.27. The molecule has 0 saturated heterocycles. The fourth-order valence-electron chi connectivity index (χ4n) is 4.27. The summed E-state index contributed by atoms with van der Waals surface area (Å²) in [4.78, 5) is 17.5. The molecule has 8 heteroatoms. The van der Waals surface area contributed by atoms with Crippen LogP contribution in [0.5, 0.6) is 5.75 Å². The summed E-state index contributed by atoms with van der Waals surface area (Å²) in [6.07, 6.45) is 3.81. The lowest BCUT2D eigenvalue weighted by Crippen LogP contribution is -2.23. The number of hydrogen-bond donors (Lipinski definition) is 3. The minimum absolute atomic E-state index is 0.107. The molecule has 3 N–H and O–H groups in total. The zero-order chi connectivity index (χ0) is 26.5. The van der Waals surface area contributed by atoms with Crippen molar-refractivity contribution in [2.75, 3.05) is 10.6 Å². The fraction of sp³-hybridized carbons (Fsp3) is 0.100. The van der Waals surface area contributed by atoms with Crippen molar-refractivity contribution < 1.29 is 9.90 Å². The number of amides is 1. The van der Waals surface area contributed by atoms with Gasteiger partial charge in [0, 0.05) is 30.1 Å². The van der Waals surface area contributed by atoms with Gasteiger partial charge in [-0.2, -0.15) is 9.61 Å². The van der Waals surface area contributed by atoms with Crippen LogP contribution >= 0.6 is 0 Å². The summed E-state index contributed by atoms with van der Waals surface area (Å²) in [5.41, 5.74) is 4.82. The van der Waals surface area contributed by atoms with Crippen LogP contribution in [0, 0.1) is 5.92 Å². The van der Waals surface area contributed by atoms with E-state index in [0.29, 0.717) is 46.8 Å². The monoisotopic (exact) mass is 499 g/mol. The zero-order valence-corrected chi connectivity index (χ0v) is 20.7. The molecule has 1 amide bonds. The summed E-state index contributed by atoms with van der Waals surface area (Å²) in [6, 6.07) is 26.4. The van der Waals surface area contributed by atoms with Gasteiger partial charge in [-0.15, -0.1) is 6.58 Å². The third-order valence-electron chi connectivity index (χ3n) is 6.27. The lowest BCUT2D eigenvalue weighted by Gasteiger charge is -2.15. The molecule has 1 atom stereocenters. The Morgan fingerprint density at radius 2 is 1.79 bits per heavy atom. The number of phenolic OH excluding ortho intramolecular Hbond substituents is 1. The molecule has 0 aliphatic rings. The number of hydrogen-bond acceptors (Lipinski definition) is 5. The highest BCUT2D eigenvalue weighted by atomic mass is 16.3. The Morgan fingerprint density at radius 3 is 2.58 bits per heavy atom. The van der Waals surface area contributed by atoms with Crippen molar-refractivity contribution in [3.8, 4) is 17.0 Å². The van der Waals surface area contributed by atoms with Crippen LogP contribution in [0.2, 0.25) is 0 Å². The standard InChI is InChI=1S/C30H26BN5O2/c1-2-22(15-20-9-4-3-5-10-20)30(38)34-23-12-8-11-21(16-23)18-32-28-17-26(24-13-6-7-14-27(24)37)35-29-25(31)19-33-36(28)29/h2-14,16-17,19,22,32,37H,1,15,18H2,(H,34,38). The Labute approximate surface area is 222 Å². The number of nitrogens with zero attached hydrogens (tertiary/aromatic N) is 3. The van der Waals surface area contributed by atoms with Crippen molar-refractivity contribution in [2.45, 2.75) is 13.0 Å². The minimum atomic E-state index is -0.345. The summed E-state index contributed by atoms with van der Waals surface area (Å²) in [7, 11) is 6.10. The molecule has 0 spiro atoms. The number of aromatic hydroxyl groups is 1. The SMILES string of the molecule is [B]c1cnn2c(NCc3cccc(NC(=O)C(C=C)Cc4ccccc4)c3)cc(-c3ccccc3O)nc12. The number of anilines is 2. The predicted molar refractivity (Wildman–Crippen MR) is 152 cm³/mol. The number of carbonyl (C=O) groups excluding carboxylic acids is 1. The van der Waals surface area contributed by atoms with E-state index in [1.165, 1.54) is 0 Å². The van der Waals surface area contributed by atoms with Crippen LogP contribution in [0.25, 0.3) is 16.9 Å². The van der Waals surface area contributed by atoms with Crippen LogP contribution in [0.1, 0.15) is 11.1 Å². The number of carbonyl (C=O) groups is 1. The first-order chi connectivity index (χ1) is 18.5. The second-order valence-electron chi connectivity index (χ2n) is 8.95. The molecule has 0 aliphatic carbocycles. The van der Waals surface area contributed by atoms with Crippen LogP contribution < -0.4 is 16.1 Å². The molecule has 186 valence electrons. The molecule has 0 bridgehead atoms.